The maximum absolute atomic E-state index is 13.9. The number of hydrogen-bond acceptors (Lipinski definition) is 5. The molecule has 0 saturated carbocycles. The molecule has 3 heterocycles. The number of nitrogens with two attached hydrogens (primary N) is 1. The third-order valence-corrected chi connectivity index (χ3v) is 10.3. The van der Waals surface area contributed by atoms with Gasteiger partial charge in [0.25, 0.3) is 10.0 Å². The Balaban J connectivity index is 1.52. The van der Waals surface area contributed by atoms with Gasteiger partial charge in [0.1, 0.15) is 0 Å². The van der Waals surface area contributed by atoms with Crippen molar-refractivity contribution in [1.82, 2.24) is 13.9 Å². The van der Waals surface area contributed by atoms with Crippen molar-refractivity contribution in [2.75, 3.05) is 20.1 Å². The van der Waals surface area contributed by atoms with Gasteiger partial charge in [0, 0.05) is 41.0 Å². The Labute approximate surface area is 246 Å². The van der Waals surface area contributed by atoms with Crippen LogP contribution in [0.2, 0.25) is 0 Å². The van der Waals surface area contributed by atoms with E-state index in [2.05, 4.69) is 36.2 Å². The lowest BCUT2D eigenvalue weighted by Gasteiger charge is -2.12. The van der Waals surface area contributed by atoms with Gasteiger partial charge >= 0.3 is 0 Å². The molecule has 1 amide bonds. The second kappa shape index (κ2) is 10.5. The number of aryl methyl sites for hydroxylation is 1. The number of carbonyl (C=O) groups is 1. The summed E-state index contributed by atoms with van der Waals surface area (Å²) in [6.07, 6.45) is 4.53. The summed E-state index contributed by atoms with van der Waals surface area (Å²) >= 11 is 0. The van der Waals surface area contributed by atoms with Crippen molar-refractivity contribution >= 4 is 27.0 Å². The quantitative estimate of drug-likeness (QED) is 0.265. The van der Waals surface area contributed by atoms with Gasteiger partial charge in [-0.05, 0) is 98.8 Å². The van der Waals surface area contributed by atoms with Gasteiger partial charge in [-0.2, -0.15) is 0 Å². The Kier molecular flexibility index (Phi) is 6.99. The molecule has 6 rings (SSSR count). The van der Waals surface area contributed by atoms with Gasteiger partial charge in [0.15, 0.2) is 5.65 Å². The summed E-state index contributed by atoms with van der Waals surface area (Å²) in [5, 5.41) is 0.707. The zero-order valence-corrected chi connectivity index (χ0v) is 25.1. The van der Waals surface area contributed by atoms with Crippen molar-refractivity contribution in [3.63, 3.8) is 0 Å². The first-order valence-electron chi connectivity index (χ1n) is 14.1. The van der Waals surface area contributed by atoms with Crippen molar-refractivity contribution in [3.05, 3.63) is 107 Å². The number of hydrogen-bond donors (Lipinski definition) is 1. The molecule has 1 aliphatic heterocycles. The molecule has 1 aliphatic rings. The highest BCUT2D eigenvalue weighted by Gasteiger charge is 2.25. The van der Waals surface area contributed by atoms with Crippen LogP contribution in [0.25, 0.3) is 33.3 Å². The first-order chi connectivity index (χ1) is 20.0. The monoisotopic (exact) mass is 578 g/mol. The minimum absolute atomic E-state index is 0.188. The number of carbonyl (C=O) groups excluding carboxylic acids is 1. The number of pyridine rings is 1. The van der Waals surface area contributed by atoms with E-state index in [0.29, 0.717) is 22.5 Å². The van der Waals surface area contributed by atoms with E-state index >= 15 is 0 Å². The fourth-order valence-corrected chi connectivity index (χ4v) is 7.32. The number of fused-ring (bicyclic) bond motifs is 1. The summed E-state index contributed by atoms with van der Waals surface area (Å²) in [7, 11) is -1.78. The molecular formula is C34H34N4O3S. The van der Waals surface area contributed by atoms with Crippen molar-refractivity contribution in [2.24, 2.45) is 5.73 Å². The largest absolute Gasteiger partial charge is 0.366 e. The van der Waals surface area contributed by atoms with Crippen LogP contribution in [-0.4, -0.2) is 48.3 Å². The summed E-state index contributed by atoms with van der Waals surface area (Å²) in [6.45, 7) is 7.87. The summed E-state index contributed by atoms with van der Waals surface area (Å²) in [4.78, 5) is 19.3. The molecule has 1 unspecified atom stereocenters. The predicted molar refractivity (Wildman–Crippen MR) is 167 cm³/mol. The van der Waals surface area contributed by atoms with Crippen LogP contribution in [0.5, 0.6) is 0 Å². The molecule has 1 atom stereocenters. The number of primary amides is 1. The fourth-order valence-electron chi connectivity index (χ4n) is 5.99. The summed E-state index contributed by atoms with van der Waals surface area (Å²) in [5.41, 5.74) is 13.8. The van der Waals surface area contributed by atoms with E-state index in [-0.39, 0.29) is 4.90 Å². The SMILES string of the molecule is Cc1ccc(S(=O)(=O)n2cc(-c3ccc(C(N)=O)c(C)c3C)c3cc(-c4ccc(C5CCN(C)C5)cc4)cnc32)cc1. The van der Waals surface area contributed by atoms with Crippen molar-refractivity contribution in [3.8, 4) is 22.3 Å². The van der Waals surface area contributed by atoms with E-state index in [4.69, 9.17) is 10.7 Å². The van der Waals surface area contributed by atoms with E-state index in [0.717, 1.165) is 58.5 Å². The highest BCUT2D eigenvalue weighted by Crippen LogP contribution is 2.38. The standard InChI is InChI=1S/C34H34N4O3S/c1-21-5-11-28(12-6-21)42(40,41)38-20-32(29-13-14-30(33(35)39)23(3)22(29)2)31-17-27(18-36-34(31)38)25-9-7-24(8-10-25)26-15-16-37(4)19-26/h5-14,17-18,20,26H,15-16,19H2,1-4H3,(H2,35,39). The van der Waals surface area contributed by atoms with E-state index < -0.39 is 15.9 Å². The number of benzene rings is 3. The molecule has 2 N–H and O–H groups in total. The smallest absolute Gasteiger partial charge is 0.269 e. The molecule has 7 nitrogen and oxygen atoms in total. The van der Waals surface area contributed by atoms with Gasteiger partial charge in [-0.3, -0.25) is 4.79 Å². The van der Waals surface area contributed by atoms with Crippen LogP contribution in [0.4, 0.5) is 0 Å². The average molecular weight is 579 g/mol. The van der Waals surface area contributed by atoms with E-state index in [1.54, 1.807) is 42.7 Å². The van der Waals surface area contributed by atoms with Gasteiger partial charge < -0.3 is 10.6 Å². The first-order valence-corrected chi connectivity index (χ1v) is 15.5. The molecule has 214 valence electrons. The molecule has 1 saturated heterocycles. The van der Waals surface area contributed by atoms with Crippen molar-refractivity contribution in [2.45, 2.75) is 38.0 Å². The van der Waals surface area contributed by atoms with Crippen LogP contribution in [0.1, 0.15) is 45.0 Å². The molecule has 0 spiro atoms. The number of amides is 1. The minimum Gasteiger partial charge on any atom is -0.366 e. The van der Waals surface area contributed by atoms with Crippen LogP contribution in [0.3, 0.4) is 0 Å². The lowest BCUT2D eigenvalue weighted by Crippen LogP contribution is -2.13. The van der Waals surface area contributed by atoms with E-state index in [1.165, 1.54) is 9.54 Å². The second-order valence-corrected chi connectivity index (χ2v) is 13.2. The molecule has 3 aromatic carbocycles. The molecule has 0 radical (unpaired) electrons. The zero-order chi connectivity index (χ0) is 29.8. The molecule has 1 fully saturated rings. The lowest BCUT2D eigenvalue weighted by molar-refractivity contribution is 0.0999. The lowest BCUT2D eigenvalue weighted by atomic mass is 9.92. The highest BCUT2D eigenvalue weighted by molar-refractivity contribution is 7.90. The topological polar surface area (TPSA) is 98.3 Å². The summed E-state index contributed by atoms with van der Waals surface area (Å²) in [5.74, 6) is 0.0371. The second-order valence-electron chi connectivity index (χ2n) is 11.4. The van der Waals surface area contributed by atoms with Gasteiger partial charge in [-0.1, -0.05) is 48.0 Å². The fraction of sp³-hybridized carbons (Fsp3) is 0.235. The van der Waals surface area contributed by atoms with E-state index in [9.17, 15) is 13.2 Å². The van der Waals surface area contributed by atoms with Crippen LogP contribution in [-0.2, 0) is 10.0 Å². The average Bonchev–Trinajstić information content (AvgIpc) is 3.58. The maximum Gasteiger partial charge on any atom is 0.269 e. The number of likely N-dealkylation sites (N-methyl/N-ethyl adjacent to an activating group) is 1. The van der Waals surface area contributed by atoms with Gasteiger partial charge in [-0.25, -0.2) is 17.4 Å². The Hall–Kier alpha value is -4.27. The molecule has 5 aromatic rings. The zero-order valence-electron chi connectivity index (χ0n) is 24.3. The minimum atomic E-state index is -3.94. The Bertz CT molecular complexity index is 1940. The van der Waals surface area contributed by atoms with Gasteiger partial charge in [0.05, 0.1) is 4.90 Å². The third-order valence-electron chi connectivity index (χ3n) is 8.64. The van der Waals surface area contributed by atoms with Crippen LogP contribution in [0, 0.1) is 20.8 Å². The number of rotatable bonds is 6. The Morgan fingerprint density at radius 1 is 0.905 bits per heavy atom. The Morgan fingerprint density at radius 3 is 2.26 bits per heavy atom. The summed E-state index contributed by atoms with van der Waals surface area (Å²) < 4.78 is 29.1. The number of nitrogens with zero attached hydrogens (tertiary/aromatic N) is 3. The van der Waals surface area contributed by atoms with Crippen LogP contribution in [0.15, 0.2) is 84.0 Å². The third kappa shape index (κ3) is 4.80. The molecule has 42 heavy (non-hydrogen) atoms. The molecular weight excluding hydrogens is 544 g/mol. The number of likely N-dealkylation sites (tertiary alicyclic amines) is 1. The maximum atomic E-state index is 13.9. The van der Waals surface area contributed by atoms with Gasteiger partial charge in [0.2, 0.25) is 5.91 Å². The molecule has 2 aromatic heterocycles. The van der Waals surface area contributed by atoms with Crippen LogP contribution < -0.4 is 5.73 Å². The van der Waals surface area contributed by atoms with Crippen molar-refractivity contribution in [1.29, 1.82) is 0 Å². The number of aromatic nitrogens is 2. The molecule has 0 aliphatic carbocycles. The van der Waals surface area contributed by atoms with Gasteiger partial charge in [-0.15, -0.1) is 0 Å². The Morgan fingerprint density at radius 2 is 1.62 bits per heavy atom. The summed E-state index contributed by atoms with van der Waals surface area (Å²) in [6, 6.07) is 21.0. The highest BCUT2D eigenvalue weighted by atomic mass is 32.2. The predicted octanol–water partition coefficient (Wildman–Crippen LogP) is 6.05. The first kappa shape index (κ1) is 27.9. The molecule has 8 heteroatoms. The molecule has 0 bridgehead atoms. The van der Waals surface area contributed by atoms with Crippen LogP contribution >= 0.6 is 0 Å². The van der Waals surface area contributed by atoms with E-state index in [1.807, 2.05) is 32.9 Å². The normalized spacial score (nSPS) is 15.9. The van der Waals surface area contributed by atoms with Crippen molar-refractivity contribution < 1.29 is 13.2 Å².